The molecule has 0 spiro atoms. The van der Waals surface area contributed by atoms with Crippen LogP contribution >= 0.6 is 39.1 Å². The molecule has 2 aromatic rings. The lowest BCUT2D eigenvalue weighted by Crippen LogP contribution is -2.49. The second kappa shape index (κ2) is 10.9. The molecular weight excluding hydrogens is 479 g/mol. The highest BCUT2D eigenvalue weighted by atomic mass is 79.9. The summed E-state index contributed by atoms with van der Waals surface area (Å²) in [6, 6.07) is 9.83. The Bertz CT molecular complexity index is 892. The Kier molecular flexibility index (Phi) is 8.80. The third kappa shape index (κ3) is 6.63. The van der Waals surface area contributed by atoms with E-state index >= 15 is 0 Å². The number of halogens is 3. The standard InChI is InChI=1S/C21H23BrCl2N2O3/c1-4-25-21(28)14(3)26(11-15-5-6-16(23)10-19(15)24)20(27)12-29-17-7-8-18(22)13(2)9-17/h5-10,14H,4,11-12H2,1-3H3,(H,25,28)/t14-/m0/s1. The fourth-order valence-corrected chi connectivity index (χ4v) is 3.39. The normalized spacial score (nSPS) is 11.7. The number of ether oxygens (including phenoxy) is 1. The predicted molar refractivity (Wildman–Crippen MR) is 120 cm³/mol. The highest BCUT2D eigenvalue weighted by Gasteiger charge is 2.26. The average molecular weight is 502 g/mol. The maximum atomic E-state index is 12.9. The largest absolute Gasteiger partial charge is 0.484 e. The molecule has 0 bridgehead atoms. The van der Waals surface area contributed by atoms with Gasteiger partial charge in [0, 0.05) is 27.6 Å². The van der Waals surface area contributed by atoms with Gasteiger partial charge in [0.25, 0.3) is 5.91 Å². The summed E-state index contributed by atoms with van der Waals surface area (Å²) in [5.74, 6) is 0.00921. The van der Waals surface area contributed by atoms with Crippen LogP contribution in [0.1, 0.15) is 25.0 Å². The molecule has 156 valence electrons. The van der Waals surface area contributed by atoms with Gasteiger partial charge in [-0.05, 0) is 62.2 Å². The molecule has 0 aliphatic rings. The third-order valence-electron chi connectivity index (χ3n) is 4.37. The first-order chi connectivity index (χ1) is 13.7. The molecule has 0 saturated carbocycles. The number of nitrogens with one attached hydrogen (secondary N) is 1. The van der Waals surface area contributed by atoms with Crippen LogP contribution in [0.25, 0.3) is 0 Å². The van der Waals surface area contributed by atoms with Crippen LogP contribution in [0.15, 0.2) is 40.9 Å². The van der Waals surface area contributed by atoms with Crippen LogP contribution in [0.2, 0.25) is 10.0 Å². The molecule has 0 heterocycles. The minimum Gasteiger partial charge on any atom is -0.484 e. The van der Waals surface area contributed by atoms with Crippen LogP contribution in [0.3, 0.4) is 0 Å². The number of benzene rings is 2. The van der Waals surface area contributed by atoms with E-state index in [2.05, 4.69) is 21.2 Å². The van der Waals surface area contributed by atoms with Crippen molar-refractivity contribution < 1.29 is 14.3 Å². The van der Waals surface area contributed by atoms with Crippen LogP contribution in [0.5, 0.6) is 5.75 Å². The van der Waals surface area contributed by atoms with Crippen LogP contribution in [0, 0.1) is 6.92 Å². The van der Waals surface area contributed by atoms with E-state index in [1.165, 1.54) is 4.90 Å². The molecule has 0 aliphatic carbocycles. The molecule has 0 radical (unpaired) electrons. The zero-order valence-corrected chi connectivity index (χ0v) is 19.6. The van der Waals surface area contributed by atoms with Gasteiger partial charge >= 0.3 is 0 Å². The zero-order chi connectivity index (χ0) is 21.6. The molecular formula is C21H23BrCl2N2O3. The van der Waals surface area contributed by atoms with Crippen LogP contribution < -0.4 is 10.1 Å². The van der Waals surface area contributed by atoms with E-state index in [1.807, 2.05) is 26.0 Å². The van der Waals surface area contributed by atoms with Crippen molar-refractivity contribution in [3.05, 3.63) is 62.0 Å². The summed E-state index contributed by atoms with van der Waals surface area (Å²) in [6.45, 7) is 5.88. The second-order valence-electron chi connectivity index (χ2n) is 6.53. The Balaban J connectivity index is 2.19. The molecule has 2 rings (SSSR count). The summed E-state index contributed by atoms with van der Waals surface area (Å²) in [7, 11) is 0. The lowest BCUT2D eigenvalue weighted by Gasteiger charge is -2.29. The smallest absolute Gasteiger partial charge is 0.261 e. The van der Waals surface area contributed by atoms with Crippen LogP contribution in [-0.4, -0.2) is 35.9 Å². The summed E-state index contributed by atoms with van der Waals surface area (Å²) in [5, 5.41) is 3.68. The fourth-order valence-electron chi connectivity index (χ4n) is 2.67. The number of amides is 2. The number of carbonyl (C=O) groups is 2. The second-order valence-corrected chi connectivity index (χ2v) is 8.23. The molecule has 1 N–H and O–H groups in total. The molecule has 0 saturated heterocycles. The molecule has 8 heteroatoms. The monoisotopic (exact) mass is 500 g/mol. The summed E-state index contributed by atoms with van der Waals surface area (Å²) >= 11 is 15.7. The molecule has 5 nitrogen and oxygen atoms in total. The van der Waals surface area contributed by atoms with Gasteiger partial charge in [0.15, 0.2) is 6.61 Å². The number of aryl methyl sites for hydroxylation is 1. The van der Waals surface area contributed by atoms with Gasteiger partial charge in [0.2, 0.25) is 5.91 Å². The van der Waals surface area contributed by atoms with Crippen LogP contribution in [0.4, 0.5) is 0 Å². The van der Waals surface area contributed by atoms with Gasteiger partial charge < -0.3 is 15.0 Å². The quantitative estimate of drug-likeness (QED) is 0.553. The van der Waals surface area contributed by atoms with Gasteiger partial charge in [-0.25, -0.2) is 0 Å². The SMILES string of the molecule is CCNC(=O)[C@H](C)N(Cc1ccc(Cl)cc1Cl)C(=O)COc1ccc(Br)c(C)c1. The van der Waals surface area contributed by atoms with Crippen LogP contribution in [-0.2, 0) is 16.1 Å². The Hall–Kier alpha value is -1.76. The van der Waals surface area contributed by atoms with E-state index in [0.717, 1.165) is 10.0 Å². The summed E-state index contributed by atoms with van der Waals surface area (Å²) < 4.78 is 6.62. The highest BCUT2D eigenvalue weighted by molar-refractivity contribution is 9.10. The highest BCUT2D eigenvalue weighted by Crippen LogP contribution is 2.24. The number of rotatable bonds is 8. The summed E-state index contributed by atoms with van der Waals surface area (Å²) in [4.78, 5) is 26.8. The first-order valence-corrected chi connectivity index (χ1v) is 10.7. The van der Waals surface area contributed by atoms with E-state index in [1.54, 1.807) is 31.2 Å². The van der Waals surface area contributed by atoms with E-state index in [4.69, 9.17) is 27.9 Å². The number of hydrogen-bond acceptors (Lipinski definition) is 3. The van der Waals surface area contributed by atoms with Crippen molar-refractivity contribution >= 4 is 50.9 Å². The third-order valence-corrected chi connectivity index (χ3v) is 5.84. The summed E-state index contributed by atoms with van der Waals surface area (Å²) in [5.41, 5.74) is 1.69. The van der Waals surface area contributed by atoms with E-state index in [0.29, 0.717) is 27.9 Å². The number of carbonyl (C=O) groups excluding carboxylic acids is 2. The fraction of sp³-hybridized carbons (Fsp3) is 0.333. The molecule has 1 atom stereocenters. The first-order valence-electron chi connectivity index (χ1n) is 9.13. The Labute approximate surface area is 189 Å². The number of nitrogens with zero attached hydrogens (tertiary/aromatic N) is 1. The lowest BCUT2D eigenvalue weighted by molar-refractivity contribution is -0.142. The number of hydrogen-bond donors (Lipinski definition) is 1. The maximum absolute atomic E-state index is 12.9. The molecule has 0 unspecified atom stereocenters. The maximum Gasteiger partial charge on any atom is 0.261 e. The van der Waals surface area contributed by atoms with Gasteiger partial charge in [-0.15, -0.1) is 0 Å². The Morgan fingerprint density at radius 2 is 1.93 bits per heavy atom. The Morgan fingerprint density at radius 3 is 2.55 bits per heavy atom. The van der Waals surface area contributed by atoms with Gasteiger partial charge in [-0.3, -0.25) is 9.59 Å². The molecule has 0 aliphatic heterocycles. The number of likely N-dealkylation sites (N-methyl/N-ethyl adjacent to an activating group) is 1. The topological polar surface area (TPSA) is 58.6 Å². The van der Waals surface area contributed by atoms with Crippen molar-refractivity contribution in [1.29, 1.82) is 0 Å². The van der Waals surface area contributed by atoms with Gasteiger partial charge in [-0.2, -0.15) is 0 Å². The first kappa shape index (κ1) is 23.5. The minimum absolute atomic E-state index is 0.163. The minimum atomic E-state index is -0.690. The molecule has 0 fully saturated rings. The lowest BCUT2D eigenvalue weighted by atomic mass is 10.1. The van der Waals surface area contributed by atoms with Gasteiger partial charge in [0.05, 0.1) is 0 Å². The van der Waals surface area contributed by atoms with Gasteiger partial charge in [0.1, 0.15) is 11.8 Å². The Morgan fingerprint density at radius 1 is 1.21 bits per heavy atom. The molecule has 0 aromatic heterocycles. The molecule has 2 amide bonds. The molecule has 29 heavy (non-hydrogen) atoms. The summed E-state index contributed by atoms with van der Waals surface area (Å²) in [6.07, 6.45) is 0. The van der Waals surface area contributed by atoms with E-state index in [9.17, 15) is 9.59 Å². The predicted octanol–water partition coefficient (Wildman–Crippen LogP) is 5.00. The van der Waals surface area contributed by atoms with Crippen molar-refractivity contribution in [2.45, 2.75) is 33.4 Å². The van der Waals surface area contributed by atoms with Gasteiger partial charge in [-0.1, -0.05) is 45.2 Å². The van der Waals surface area contributed by atoms with Crippen molar-refractivity contribution in [2.24, 2.45) is 0 Å². The van der Waals surface area contributed by atoms with Crippen molar-refractivity contribution in [1.82, 2.24) is 10.2 Å². The average Bonchev–Trinajstić information content (AvgIpc) is 2.67. The van der Waals surface area contributed by atoms with Crippen molar-refractivity contribution in [3.63, 3.8) is 0 Å². The van der Waals surface area contributed by atoms with E-state index < -0.39 is 6.04 Å². The van der Waals surface area contributed by atoms with E-state index in [-0.39, 0.29) is 25.0 Å². The van der Waals surface area contributed by atoms with Crippen molar-refractivity contribution in [3.8, 4) is 5.75 Å². The zero-order valence-electron chi connectivity index (χ0n) is 16.5. The molecule has 2 aromatic carbocycles. The van der Waals surface area contributed by atoms with Crippen molar-refractivity contribution in [2.75, 3.05) is 13.2 Å².